The Balaban J connectivity index is 1.52. The Morgan fingerprint density at radius 3 is 2.60 bits per heavy atom. The highest BCUT2D eigenvalue weighted by molar-refractivity contribution is 7.98. The first-order chi connectivity index (χ1) is 14.6. The lowest BCUT2D eigenvalue weighted by Gasteiger charge is -2.29. The van der Waals surface area contributed by atoms with Gasteiger partial charge in [0.15, 0.2) is 0 Å². The van der Waals surface area contributed by atoms with Crippen molar-refractivity contribution in [3.63, 3.8) is 0 Å². The molecule has 3 aromatic rings. The average Bonchev–Trinajstić information content (AvgIpc) is 2.79. The third kappa shape index (κ3) is 4.82. The molecule has 154 valence electrons. The predicted octanol–water partition coefficient (Wildman–Crippen LogP) is 6.23. The summed E-state index contributed by atoms with van der Waals surface area (Å²) in [7, 11) is 0. The number of amides is 1. The van der Waals surface area contributed by atoms with E-state index in [0.29, 0.717) is 18.7 Å². The van der Waals surface area contributed by atoms with Gasteiger partial charge in [0.05, 0.1) is 6.61 Å². The molecule has 0 bridgehead atoms. The Hall–Kier alpha value is -2.43. The number of carbonyl (C=O) groups is 1. The average molecular weight is 438 g/mol. The second kappa shape index (κ2) is 9.59. The van der Waals surface area contributed by atoms with Crippen molar-refractivity contribution in [3.8, 4) is 5.75 Å². The normalized spacial score (nSPS) is 13.1. The predicted molar refractivity (Wildman–Crippen MR) is 124 cm³/mol. The van der Waals surface area contributed by atoms with E-state index < -0.39 is 0 Å². The number of thioether (sulfide) groups is 1. The molecule has 0 radical (unpaired) electrons. The fraction of sp³-hybridized carbons (Fsp3) is 0.240. The fourth-order valence-corrected chi connectivity index (χ4v) is 4.67. The summed E-state index contributed by atoms with van der Waals surface area (Å²) in [6, 6.07) is 21.9. The smallest absolute Gasteiger partial charge is 0.254 e. The Labute approximate surface area is 187 Å². The van der Waals surface area contributed by atoms with Gasteiger partial charge in [-0.15, -0.1) is 11.8 Å². The van der Waals surface area contributed by atoms with Crippen LogP contribution in [0.3, 0.4) is 0 Å². The SMILES string of the molecule is CCOc1ccc(C(=O)N2CCc3ccccc3C2)cc1CSc1ccc(Cl)cc1. The van der Waals surface area contributed by atoms with Crippen molar-refractivity contribution in [2.75, 3.05) is 13.2 Å². The minimum atomic E-state index is 0.0743. The second-order valence-electron chi connectivity index (χ2n) is 7.24. The van der Waals surface area contributed by atoms with Gasteiger partial charge in [0.2, 0.25) is 0 Å². The number of rotatable bonds is 6. The van der Waals surface area contributed by atoms with Crippen LogP contribution in [0.4, 0.5) is 0 Å². The van der Waals surface area contributed by atoms with Crippen LogP contribution < -0.4 is 4.74 Å². The minimum absolute atomic E-state index is 0.0743. The van der Waals surface area contributed by atoms with Crippen LogP contribution >= 0.6 is 23.4 Å². The zero-order chi connectivity index (χ0) is 20.9. The molecule has 0 atom stereocenters. The molecule has 1 heterocycles. The van der Waals surface area contributed by atoms with E-state index >= 15 is 0 Å². The third-order valence-corrected chi connectivity index (χ3v) is 6.55. The van der Waals surface area contributed by atoms with Crippen LogP contribution in [0.1, 0.15) is 34.0 Å². The molecular formula is C25H24ClNO2S. The van der Waals surface area contributed by atoms with Crippen LogP contribution in [-0.4, -0.2) is 24.0 Å². The topological polar surface area (TPSA) is 29.5 Å². The Morgan fingerprint density at radius 2 is 1.83 bits per heavy atom. The van der Waals surface area contributed by atoms with E-state index in [4.69, 9.17) is 16.3 Å². The Bertz CT molecular complexity index is 1040. The van der Waals surface area contributed by atoms with Crippen LogP contribution in [0, 0.1) is 0 Å². The highest BCUT2D eigenvalue weighted by Crippen LogP contribution is 2.30. The van der Waals surface area contributed by atoms with Crippen molar-refractivity contribution in [1.82, 2.24) is 4.90 Å². The van der Waals surface area contributed by atoms with E-state index in [1.807, 2.05) is 60.4 Å². The van der Waals surface area contributed by atoms with Gasteiger partial charge in [-0.3, -0.25) is 4.79 Å². The van der Waals surface area contributed by atoms with Crippen LogP contribution in [0.5, 0.6) is 5.75 Å². The summed E-state index contributed by atoms with van der Waals surface area (Å²) in [4.78, 5) is 16.3. The van der Waals surface area contributed by atoms with Gasteiger partial charge >= 0.3 is 0 Å². The molecule has 0 unspecified atom stereocenters. The molecule has 3 nitrogen and oxygen atoms in total. The molecule has 0 N–H and O–H groups in total. The van der Waals surface area contributed by atoms with Gasteiger partial charge < -0.3 is 9.64 Å². The van der Waals surface area contributed by atoms with E-state index in [1.54, 1.807) is 11.8 Å². The number of hydrogen-bond acceptors (Lipinski definition) is 3. The molecule has 1 amide bonds. The molecule has 1 aliphatic heterocycles. The Kier molecular flexibility index (Phi) is 6.66. The lowest BCUT2D eigenvalue weighted by Crippen LogP contribution is -2.35. The lowest BCUT2D eigenvalue weighted by molar-refractivity contribution is 0.0734. The molecule has 0 spiro atoms. The maximum absolute atomic E-state index is 13.2. The number of carbonyl (C=O) groups excluding carboxylic acids is 1. The largest absolute Gasteiger partial charge is 0.494 e. The molecule has 0 aliphatic carbocycles. The van der Waals surface area contributed by atoms with E-state index in [2.05, 4.69) is 18.2 Å². The van der Waals surface area contributed by atoms with Gasteiger partial charge in [-0.1, -0.05) is 35.9 Å². The quantitative estimate of drug-likeness (QED) is 0.428. The van der Waals surface area contributed by atoms with Crippen LogP contribution in [0.15, 0.2) is 71.6 Å². The molecule has 1 aliphatic rings. The lowest BCUT2D eigenvalue weighted by atomic mass is 9.99. The zero-order valence-electron chi connectivity index (χ0n) is 16.9. The number of ether oxygens (including phenoxy) is 1. The van der Waals surface area contributed by atoms with E-state index in [1.165, 1.54) is 11.1 Å². The summed E-state index contributed by atoms with van der Waals surface area (Å²) >= 11 is 7.69. The second-order valence-corrected chi connectivity index (χ2v) is 8.73. The van der Waals surface area contributed by atoms with E-state index in [0.717, 1.165) is 39.9 Å². The number of nitrogens with zero attached hydrogens (tertiary/aromatic N) is 1. The molecule has 0 saturated carbocycles. The van der Waals surface area contributed by atoms with Gasteiger partial charge in [-0.25, -0.2) is 0 Å². The summed E-state index contributed by atoms with van der Waals surface area (Å²) < 4.78 is 5.81. The van der Waals surface area contributed by atoms with Crippen molar-refractivity contribution in [3.05, 3.63) is 94.0 Å². The van der Waals surface area contributed by atoms with E-state index in [-0.39, 0.29) is 5.91 Å². The van der Waals surface area contributed by atoms with Crippen molar-refractivity contribution < 1.29 is 9.53 Å². The summed E-state index contributed by atoms with van der Waals surface area (Å²) in [6.07, 6.45) is 0.901. The third-order valence-electron chi connectivity index (χ3n) is 5.23. The minimum Gasteiger partial charge on any atom is -0.494 e. The first-order valence-electron chi connectivity index (χ1n) is 10.1. The van der Waals surface area contributed by atoms with Crippen LogP contribution in [-0.2, 0) is 18.7 Å². The van der Waals surface area contributed by atoms with Gasteiger partial charge in [0.1, 0.15) is 5.75 Å². The molecule has 3 aromatic carbocycles. The number of hydrogen-bond donors (Lipinski definition) is 0. The summed E-state index contributed by atoms with van der Waals surface area (Å²) in [6.45, 7) is 3.98. The number of benzene rings is 3. The van der Waals surface area contributed by atoms with Crippen LogP contribution in [0.25, 0.3) is 0 Å². The van der Waals surface area contributed by atoms with Crippen LogP contribution in [0.2, 0.25) is 5.02 Å². The fourth-order valence-electron chi connectivity index (χ4n) is 3.67. The van der Waals surface area contributed by atoms with Crippen molar-refractivity contribution in [2.45, 2.75) is 30.5 Å². The summed E-state index contributed by atoms with van der Waals surface area (Å²) in [5.41, 5.74) is 4.32. The molecule has 30 heavy (non-hydrogen) atoms. The maximum Gasteiger partial charge on any atom is 0.254 e. The molecule has 4 rings (SSSR count). The zero-order valence-corrected chi connectivity index (χ0v) is 18.5. The first kappa shape index (κ1) is 20.8. The molecule has 0 fully saturated rings. The van der Waals surface area contributed by atoms with Gasteiger partial charge in [0.25, 0.3) is 5.91 Å². The van der Waals surface area contributed by atoms with Crippen molar-refractivity contribution in [2.24, 2.45) is 0 Å². The monoisotopic (exact) mass is 437 g/mol. The van der Waals surface area contributed by atoms with Crippen molar-refractivity contribution in [1.29, 1.82) is 0 Å². The Morgan fingerprint density at radius 1 is 1.07 bits per heavy atom. The highest BCUT2D eigenvalue weighted by Gasteiger charge is 2.22. The standard InChI is InChI=1S/C25H24ClNO2S/c1-2-29-24-12-7-19(15-21(24)17-30-23-10-8-22(26)9-11-23)25(28)27-14-13-18-5-3-4-6-20(18)16-27/h3-12,15H,2,13-14,16-17H2,1H3. The summed E-state index contributed by atoms with van der Waals surface area (Å²) in [5, 5.41) is 0.727. The molecular weight excluding hydrogens is 414 g/mol. The number of fused-ring (bicyclic) bond motifs is 1. The molecule has 0 aromatic heterocycles. The van der Waals surface area contributed by atoms with Gasteiger partial charge in [0, 0.05) is 39.9 Å². The summed E-state index contributed by atoms with van der Waals surface area (Å²) in [5.74, 6) is 1.63. The maximum atomic E-state index is 13.2. The van der Waals surface area contributed by atoms with Gasteiger partial charge in [-0.2, -0.15) is 0 Å². The van der Waals surface area contributed by atoms with Crippen molar-refractivity contribution >= 4 is 29.3 Å². The van der Waals surface area contributed by atoms with Gasteiger partial charge in [-0.05, 0) is 66.9 Å². The number of halogens is 1. The first-order valence-corrected chi connectivity index (χ1v) is 11.5. The molecule has 5 heteroatoms. The van der Waals surface area contributed by atoms with E-state index in [9.17, 15) is 4.79 Å². The highest BCUT2D eigenvalue weighted by atomic mass is 35.5. The molecule has 0 saturated heterocycles.